The summed E-state index contributed by atoms with van der Waals surface area (Å²) in [6.45, 7) is 7.60. The molecule has 0 atom stereocenters. The van der Waals surface area contributed by atoms with Gasteiger partial charge >= 0.3 is 6.09 Å². The minimum Gasteiger partial charge on any atom is -0.444 e. The molecule has 1 aromatic carbocycles. The normalized spacial score (nSPS) is 11.1. The van der Waals surface area contributed by atoms with Gasteiger partial charge in [-0.2, -0.15) is 0 Å². The van der Waals surface area contributed by atoms with Gasteiger partial charge in [-0.25, -0.2) is 9.78 Å². The average molecular weight is 375 g/mol. The van der Waals surface area contributed by atoms with E-state index in [1.54, 1.807) is 45.0 Å². The smallest absolute Gasteiger partial charge is 0.407 e. The zero-order chi connectivity index (χ0) is 20.0. The number of nitrogens with one attached hydrogen (secondary N) is 3. The number of amides is 2. The number of rotatable bonds is 6. The molecule has 0 fully saturated rings. The molecule has 0 radical (unpaired) electrons. The third-order valence-corrected chi connectivity index (χ3v) is 3.51. The van der Waals surface area contributed by atoms with E-state index in [0.29, 0.717) is 17.4 Å². The van der Waals surface area contributed by atoms with E-state index in [-0.39, 0.29) is 30.4 Å². The number of hydrazine groups is 1. The van der Waals surface area contributed by atoms with Crippen molar-refractivity contribution in [3.63, 3.8) is 0 Å². The monoisotopic (exact) mass is 375 g/mol. The van der Waals surface area contributed by atoms with Gasteiger partial charge in [-0.05, 0) is 39.8 Å². The Bertz CT molecular complexity index is 885. The maximum absolute atomic E-state index is 12.5. The van der Waals surface area contributed by atoms with E-state index >= 15 is 0 Å². The van der Waals surface area contributed by atoms with Crippen LogP contribution in [0.4, 0.5) is 10.7 Å². The predicted octanol–water partition coefficient (Wildman–Crippen LogP) is 1.77. The molecule has 0 aliphatic heterocycles. The van der Waals surface area contributed by atoms with Gasteiger partial charge in [-0.3, -0.25) is 25.0 Å². The lowest BCUT2D eigenvalue weighted by atomic mass is 10.2. The summed E-state index contributed by atoms with van der Waals surface area (Å²) < 4.78 is 6.52. The molecule has 2 amide bonds. The number of carbonyl (C=O) groups is 2. The molecule has 0 aliphatic rings. The summed E-state index contributed by atoms with van der Waals surface area (Å²) in [5.74, 6) is -0.120. The van der Waals surface area contributed by atoms with Crippen molar-refractivity contribution in [1.29, 1.82) is 0 Å². The highest BCUT2D eigenvalue weighted by Gasteiger charge is 2.16. The number of ether oxygens (including phenoxy) is 1. The highest BCUT2D eigenvalue weighted by Crippen LogP contribution is 2.10. The van der Waals surface area contributed by atoms with Crippen LogP contribution in [0.1, 0.15) is 34.1 Å². The van der Waals surface area contributed by atoms with Gasteiger partial charge in [0.2, 0.25) is 11.9 Å². The summed E-state index contributed by atoms with van der Waals surface area (Å²) in [5, 5.41) is 3.02. The molecule has 1 heterocycles. The number of alkyl carbamates (subject to hydrolysis) is 1. The molecule has 3 N–H and O–H groups in total. The van der Waals surface area contributed by atoms with Gasteiger partial charge in [0, 0.05) is 19.5 Å². The third kappa shape index (κ3) is 5.70. The second-order valence-electron chi connectivity index (χ2n) is 6.85. The second-order valence-corrected chi connectivity index (χ2v) is 6.85. The average Bonchev–Trinajstić information content (AvgIpc) is 2.58. The molecule has 0 saturated heterocycles. The van der Waals surface area contributed by atoms with Crippen LogP contribution < -0.4 is 21.7 Å². The van der Waals surface area contributed by atoms with Gasteiger partial charge in [-0.15, -0.1) is 0 Å². The van der Waals surface area contributed by atoms with E-state index in [1.165, 1.54) is 4.57 Å². The molecular formula is C18H25N5O4. The first-order valence-corrected chi connectivity index (χ1v) is 8.72. The van der Waals surface area contributed by atoms with Crippen LogP contribution in [0.25, 0.3) is 10.9 Å². The second kappa shape index (κ2) is 8.52. The predicted molar refractivity (Wildman–Crippen MR) is 102 cm³/mol. The number of aromatic nitrogens is 2. The van der Waals surface area contributed by atoms with E-state index in [9.17, 15) is 14.4 Å². The Morgan fingerprint density at radius 3 is 2.59 bits per heavy atom. The standard InChI is InChI=1S/C18H25N5O4/c1-5-23-15(25)12-8-6-7-9-13(12)20-16(23)22-21-14(24)10-11-19-17(26)27-18(2,3)4/h6-9H,5,10-11H2,1-4H3,(H,19,26)(H,20,22)(H,21,24). The molecule has 9 heteroatoms. The van der Waals surface area contributed by atoms with Crippen LogP contribution in [-0.2, 0) is 16.1 Å². The Balaban J connectivity index is 1.93. The Labute approximate surface area is 157 Å². The topological polar surface area (TPSA) is 114 Å². The van der Waals surface area contributed by atoms with Crippen LogP contribution in [0.2, 0.25) is 0 Å². The Hall–Kier alpha value is -3.10. The van der Waals surface area contributed by atoms with Crippen LogP contribution >= 0.6 is 0 Å². The molecule has 0 spiro atoms. The lowest BCUT2D eigenvalue weighted by Gasteiger charge is -2.19. The molecular weight excluding hydrogens is 350 g/mol. The highest BCUT2D eigenvalue weighted by molar-refractivity contribution is 5.80. The van der Waals surface area contributed by atoms with Crippen LogP contribution in [0.15, 0.2) is 29.1 Å². The number of para-hydroxylation sites is 1. The van der Waals surface area contributed by atoms with E-state index in [1.807, 2.05) is 6.92 Å². The van der Waals surface area contributed by atoms with Crippen molar-refractivity contribution in [2.75, 3.05) is 12.0 Å². The summed E-state index contributed by atoms with van der Waals surface area (Å²) >= 11 is 0. The third-order valence-electron chi connectivity index (χ3n) is 3.51. The molecule has 0 saturated carbocycles. The van der Waals surface area contributed by atoms with Gasteiger partial charge < -0.3 is 10.1 Å². The largest absolute Gasteiger partial charge is 0.444 e. The zero-order valence-corrected chi connectivity index (χ0v) is 16.0. The number of fused-ring (bicyclic) bond motifs is 1. The minimum absolute atomic E-state index is 0.0379. The van der Waals surface area contributed by atoms with Crippen molar-refractivity contribution in [2.24, 2.45) is 0 Å². The molecule has 0 bridgehead atoms. The van der Waals surface area contributed by atoms with Crippen LogP contribution in [0.5, 0.6) is 0 Å². The van der Waals surface area contributed by atoms with E-state index < -0.39 is 11.7 Å². The first-order valence-electron chi connectivity index (χ1n) is 8.72. The fourth-order valence-corrected chi connectivity index (χ4v) is 2.34. The quantitative estimate of drug-likeness (QED) is 0.663. The van der Waals surface area contributed by atoms with Crippen molar-refractivity contribution in [3.8, 4) is 0 Å². The number of anilines is 1. The summed E-state index contributed by atoms with van der Waals surface area (Å²) in [5.41, 5.74) is 4.92. The van der Waals surface area contributed by atoms with Crippen molar-refractivity contribution in [1.82, 2.24) is 20.3 Å². The summed E-state index contributed by atoms with van der Waals surface area (Å²) in [6.07, 6.45) is -0.546. The Kier molecular flexibility index (Phi) is 6.38. The molecule has 27 heavy (non-hydrogen) atoms. The van der Waals surface area contributed by atoms with Gasteiger partial charge in [-0.1, -0.05) is 12.1 Å². The van der Waals surface area contributed by atoms with Crippen LogP contribution in [-0.4, -0.2) is 33.7 Å². The maximum Gasteiger partial charge on any atom is 0.407 e. The van der Waals surface area contributed by atoms with Crippen LogP contribution in [0.3, 0.4) is 0 Å². The Morgan fingerprint density at radius 1 is 1.22 bits per heavy atom. The fourth-order valence-electron chi connectivity index (χ4n) is 2.34. The number of benzene rings is 1. The van der Waals surface area contributed by atoms with E-state index in [2.05, 4.69) is 21.2 Å². The van der Waals surface area contributed by atoms with Crippen molar-refractivity contribution >= 4 is 28.9 Å². The van der Waals surface area contributed by atoms with E-state index in [0.717, 1.165) is 0 Å². The van der Waals surface area contributed by atoms with E-state index in [4.69, 9.17) is 4.74 Å². The van der Waals surface area contributed by atoms with Gasteiger partial charge in [0.05, 0.1) is 10.9 Å². The van der Waals surface area contributed by atoms with Crippen molar-refractivity contribution < 1.29 is 14.3 Å². The number of hydrogen-bond donors (Lipinski definition) is 3. The van der Waals surface area contributed by atoms with Crippen LogP contribution in [0, 0.1) is 0 Å². The molecule has 146 valence electrons. The number of hydrogen-bond acceptors (Lipinski definition) is 6. The minimum atomic E-state index is -0.598. The first-order chi connectivity index (χ1) is 12.7. The first kappa shape index (κ1) is 20.2. The molecule has 2 rings (SSSR count). The lowest BCUT2D eigenvalue weighted by Crippen LogP contribution is -2.37. The van der Waals surface area contributed by atoms with Gasteiger partial charge in [0.15, 0.2) is 0 Å². The molecule has 1 aromatic heterocycles. The molecule has 0 aliphatic carbocycles. The van der Waals surface area contributed by atoms with Gasteiger partial charge in [0.25, 0.3) is 5.56 Å². The summed E-state index contributed by atoms with van der Waals surface area (Å²) in [7, 11) is 0. The summed E-state index contributed by atoms with van der Waals surface area (Å²) in [6, 6.07) is 7.00. The SMILES string of the molecule is CCn1c(NNC(=O)CCNC(=O)OC(C)(C)C)nc2ccccc2c1=O. The lowest BCUT2D eigenvalue weighted by molar-refractivity contribution is -0.120. The molecule has 2 aromatic rings. The highest BCUT2D eigenvalue weighted by atomic mass is 16.6. The maximum atomic E-state index is 12.5. The molecule has 0 unspecified atom stereocenters. The number of nitrogens with zero attached hydrogens (tertiary/aromatic N) is 2. The molecule has 9 nitrogen and oxygen atoms in total. The fraction of sp³-hybridized carbons (Fsp3) is 0.444. The van der Waals surface area contributed by atoms with Crippen molar-refractivity contribution in [3.05, 3.63) is 34.6 Å². The van der Waals surface area contributed by atoms with Crippen molar-refractivity contribution in [2.45, 2.75) is 46.3 Å². The zero-order valence-electron chi connectivity index (χ0n) is 16.0. The van der Waals surface area contributed by atoms with Gasteiger partial charge in [0.1, 0.15) is 5.60 Å². The number of carbonyl (C=O) groups excluding carboxylic acids is 2. The Morgan fingerprint density at radius 2 is 1.93 bits per heavy atom. The summed E-state index contributed by atoms with van der Waals surface area (Å²) in [4.78, 5) is 40.4.